The Morgan fingerprint density at radius 3 is 2.75 bits per heavy atom. The number of ether oxygens (including phenoxy) is 1. The fourth-order valence-corrected chi connectivity index (χ4v) is 2.68. The molecule has 3 heteroatoms. The maximum Gasteiger partial charge on any atom is 0.327 e. The third-order valence-electron chi connectivity index (χ3n) is 3.51. The molecule has 0 heterocycles. The number of nitrogens with two attached hydrogens (primary N) is 1. The Balaban J connectivity index is 1.88. The topological polar surface area (TPSA) is 52.3 Å². The Morgan fingerprint density at radius 1 is 1.50 bits per heavy atom. The SMILES string of the molecule is CC(C)C[C@H](N)C(=O)OC1=C2CCC(C2)C1. The number of fused-ring (bicyclic) bond motifs is 2. The first kappa shape index (κ1) is 11.6. The molecule has 0 spiro atoms. The molecule has 2 N–H and O–H groups in total. The van der Waals surface area contributed by atoms with Crippen LogP contribution in [0, 0.1) is 11.8 Å². The maximum atomic E-state index is 11.7. The lowest BCUT2D eigenvalue weighted by Gasteiger charge is -2.16. The van der Waals surface area contributed by atoms with Crippen LogP contribution in [-0.4, -0.2) is 12.0 Å². The van der Waals surface area contributed by atoms with Gasteiger partial charge >= 0.3 is 5.97 Å². The lowest BCUT2D eigenvalue weighted by molar-refractivity contribution is -0.141. The number of hydrogen-bond acceptors (Lipinski definition) is 3. The van der Waals surface area contributed by atoms with E-state index in [-0.39, 0.29) is 5.97 Å². The van der Waals surface area contributed by atoms with Gasteiger partial charge in [-0.1, -0.05) is 13.8 Å². The Bertz CT molecular complexity index is 320. The van der Waals surface area contributed by atoms with E-state index in [2.05, 4.69) is 13.8 Å². The van der Waals surface area contributed by atoms with Crippen molar-refractivity contribution < 1.29 is 9.53 Å². The van der Waals surface area contributed by atoms with E-state index in [1.165, 1.54) is 12.0 Å². The molecule has 3 nitrogen and oxygen atoms in total. The third-order valence-corrected chi connectivity index (χ3v) is 3.51. The van der Waals surface area contributed by atoms with E-state index in [4.69, 9.17) is 10.5 Å². The van der Waals surface area contributed by atoms with Crippen LogP contribution >= 0.6 is 0 Å². The van der Waals surface area contributed by atoms with Gasteiger partial charge in [0.1, 0.15) is 11.8 Å². The minimum absolute atomic E-state index is 0.247. The standard InChI is InChI=1S/C13H21NO2/c1-8(2)5-11(14)13(15)16-12-7-9-3-4-10(12)6-9/h8-9,11H,3-7,14H2,1-2H3/t9?,11-/m0/s1. The molecule has 2 aliphatic rings. The molecule has 0 aromatic heterocycles. The molecule has 16 heavy (non-hydrogen) atoms. The van der Waals surface area contributed by atoms with Crippen LogP contribution in [0.15, 0.2) is 11.3 Å². The van der Waals surface area contributed by atoms with E-state index in [9.17, 15) is 4.79 Å². The molecule has 1 saturated carbocycles. The minimum Gasteiger partial charge on any atom is -0.430 e. The summed E-state index contributed by atoms with van der Waals surface area (Å²) in [6.45, 7) is 4.12. The Kier molecular flexibility index (Phi) is 3.33. The summed E-state index contributed by atoms with van der Waals surface area (Å²) in [6, 6.07) is -0.466. The molecule has 2 aliphatic carbocycles. The molecule has 1 fully saturated rings. The molecule has 1 unspecified atom stereocenters. The summed E-state index contributed by atoms with van der Waals surface area (Å²) < 4.78 is 5.42. The predicted octanol–water partition coefficient (Wildman–Crippen LogP) is 2.36. The highest BCUT2D eigenvalue weighted by molar-refractivity contribution is 5.76. The number of carbonyl (C=O) groups is 1. The van der Waals surface area contributed by atoms with Gasteiger partial charge in [0, 0.05) is 6.42 Å². The van der Waals surface area contributed by atoms with Gasteiger partial charge in [0.2, 0.25) is 0 Å². The first-order valence-corrected chi connectivity index (χ1v) is 6.24. The molecule has 2 bridgehead atoms. The molecule has 0 aromatic rings. The predicted molar refractivity (Wildman–Crippen MR) is 62.5 cm³/mol. The second-order valence-electron chi connectivity index (χ2n) is 5.50. The molecule has 0 aliphatic heterocycles. The third kappa shape index (κ3) is 2.46. The van der Waals surface area contributed by atoms with Crippen molar-refractivity contribution in [2.75, 3.05) is 0 Å². The summed E-state index contributed by atoms with van der Waals surface area (Å²) in [4.78, 5) is 11.7. The smallest absolute Gasteiger partial charge is 0.327 e. The normalized spacial score (nSPS) is 25.4. The van der Waals surface area contributed by atoms with Crippen LogP contribution in [0.3, 0.4) is 0 Å². The van der Waals surface area contributed by atoms with Crippen molar-refractivity contribution >= 4 is 5.97 Å². The Labute approximate surface area is 97.0 Å². The summed E-state index contributed by atoms with van der Waals surface area (Å²) in [6.07, 6.45) is 5.18. The number of hydrogen-bond donors (Lipinski definition) is 1. The van der Waals surface area contributed by atoms with E-state index in [1.54, 1.807) is 0 Å². The minimum atomic E-state index is -0.466. The first-order chi connectivity index (χ1) is 7.56. The second kappa shape index (κ2) is 4.58. The summed E-state index contributed by atoms with van der Waals surface area (Å²) in [5, 5.41) is 0. The number of carbonyl (C=O) groups excluding carboxylic acids is 1. The van der Waals surface area contributed by atoms with Gasteiger partial charge in [0.15, 0.2) is 0 Å². The van der Waals surface area contributed by atoms with Crippen LogP contribution in [-0.2, 0) is 9.53 Å². The average Bonchev–Trinajstić information content (AvgIpc) is 2.77. The highest BCUT2D eigenvalue weighted by atomic mass is 16.5. The van der Waals surface area contributed by atoms with E-state index in [1.807, 2.05) is 0 Å². The zero-order valence-electron chi connectivity index (χ0n) is 10.2. The van der Waals surface area contributed by atoms with Gasteiger partial charge in [-0.3, -0.25) is 0 Å². The number of esters is 1. The number of rotatable bonds is 4. The van der Waals surface area contributed by atoms with Gasteiger partial charge < -0.3 is 10.5 Å². The van der Waals surface area contributed by atoms with Crippen molar-refractivity contribution in [3.8, 4) is 0 Å². The first-order valence-electron chi connectivity index (χ1n) is 6.24. The zero-order valence-corrected chi connectivity index (χ0v) is 10.2. The van der Waals surface area contributed by atoms with Crippen molar-refractivity contribution in [3.63, 3.8) is 0 Å². The Morgan fingerprint density at radius 2 is 2.25 bits per heavy atom. The average molecular weight is 223 g/mol. The van der Waals surface area contributed by atoms with Crippen molar-refractivity contribution in [2.45, 2.75) is 52.0 Å². The summed E-state index contributed by atoms with van der Waals surface area (Å²) in [7, 11) is 0. The number of allylic oxidation sites excluding steroid dienone is 2. The molecule has 2 rings (SSSR count). The summed E-state index contributed by atoms with van der Waals surface area (Å²) >= 11 is 0. The van der Waals surface area contributed by atoms with Crippen LogP contribution in [0.4, 0.5) is 0 Å². The largest absolute Gasteiger partial charge is 0.430 e. The lowest BCUT2D eigenvalue weighted by Crippen LogP contribution is -2.33. The molecular weight excluding hydrogens is 202 g/mol. The monoisotopic (exact) mass is 223 g/mol. The van der Waals surface area contributed by atoms with E-state index < -0.39 is 6.04 Å². The van der Waals surface area contributed by atoms with Gasteiger partial charge in [-0.05, 0) is 43.1 Å². The van der Waals surface area contributed by atoms with E-state index in [0.717, 1.165) is 30.9 Å². The maximum absolute atomic E-state index is 11.7. The lowest BCUT2D eigenvalue weighted by atomic mass is 10.0. The van der Waals surface area contributed by atoms with Crippen LogP contribution in [0.5, 0.6) is 0 Å². The summed E-state index contributed by atoms with van der Waals surface area (Å²) in [5.74, 6) is 1.85. The molecule has 90 valence electrons. The zero-order chi connectivity index (χ0) is 11.7. The molecule has 0 aromatic carbocycles. The van der Waals surface area contributed by atoms with Crippen LogP contribution < -0.4 is 5.73 Å². The fraction of sp³-hybridized carbons (Fsp3) is 0.769. The van der Waals surface area contributed by atoms with Crippen molar-refractivity contribution in [1.29, 1.82) is 0 Å². The molecule has 0 amide bonds. The van der Waals surface area contributed by atoms with Crippen molar-refractivity contribution in [1.82, 2.24) is 0 Å². The van der Waals surface area contributed by atoms with Crippen LogP contribution in [0.2, 0.25) is 0 Å². The van der Waals surface area contributed by atoms with Gasteiger partial charge in [-0.2, -0.15) is 0 Å². The highest BCUT2D eigenvalue weighted by Crippen LogP contribution is 2.44. The molecule has 2 atom stereocenters. The van der Waals surface area contributed by atoms with Gasteiger partial charge in [0.25, 0.3) is 0 Å². The fourth-order valence-electron chi connectivity index (χ4n) is 2.68. The van der Waals surface area contributed by atoms with Crippen molar-refractivity contribution in [3.05, 3.63) is 11.3 Å². The molecular formula is C13H21NO2. The Hall–Kier alpha value is -0.830. The van der Waals surface area contributed by atoms with E-state index in [0.29, 0.717) is 12.3 Å². The van der Waals surface area contributed by atoms with E-state index >= 15 is 0 Å². The second-order valence-corrected chi connectivity index (χ2v) is 5.50. The summed E-state index contributed by atoms with van der Waals surface area (Å²) in [5.41, 5.74) is 7.15. The molecule has 0 radical (unpaired) electrons. The highest BCUT2D eigenvalue weighted by Gasteiger charge is 2.33. The van der Waals surface area contributed by atoms with Crippen molar-refractivity contribution in [2.24, 2.45) is 17.6 Å². The van der Waals surface area contributed by atoms with Gasteiger partial charge in [-0.15, -0.1) is 0 Å². The molecule has 0 saturated heterocycles. The van der Waals surface area contributed by atoms with Gasteiger partial charge in [0.05, 0.1) is 0 Å². The van der Waals surface area contributed by atoms with Gasteiger partial charge in [-0.25, -0.2) is 4.79 Å². The quantitative estimate of drug-likeness (QED) is 0.744. The van der Waals surface area contributed by atoms with Crippen LogP contribution in [0.1, 0.15) is 46.0 Å². The van der Waals surface area contributed by atoms with Crippen LogP contribution in [0.25, 0.3) is 0 Å².